The standard InChI is InChI=1S/C10H15NO4S/c1-7(12)16-6-4-9(13)15-10(14)8-3-2-5-11-8/h8,11H,2-6H2,1H3/t8-/m0/s1. The number of thioether (sulfide) groups is 1. The molecule has 0 unspecified atom stereocenters. The largest absolute Gasteiger partial charge is 0.392 e. The molecule has 0 aromatic rings. The molecule has 1 N–H and O–H groups in total. The number of esters is 2. The number of hydrogen-bond acceptors (Lipinski definition) is 6. The Morgan fingerprint density at radius 3 is 2.75 bits per heavy atom. The van der Waals surface area contributed by atoms with E-state index in [0.29, 0.717) is 12.2 Å². The molecule has 0 amide bonds. The van der Waals surface area contributed by atoms with E-state index in [0.717, 1.165) is 24.7 Å². The molecule has 1 fully saturated rings. The lowest BCUT2D eigenvalue weighted by molar-refractivity contribution is -0.160. The van der Waals surface area contributed by atoms with Crippen molar-refractivity contribution in [1.82, 2.24) is 5.32 Å². The van der Waals surface area contributed by atoms with E-state index in [1.165, 1.54) is 6.92 Å². The zero-order valence-corrected chi connectivity index (χ0v) is 9.97. The summed E-state index contributed by atoms with van der Waals surface area (Å²) in [6.07, 6.45) is 1.73. The average molecular weight is 245 g/mol. The third kappa shape index (κ3) is 4.76. The maximum Gasteiger partial charge on any atom is 0.330 e. The quantitative estimate of drug-likeness (QED) is 0.573. The first kappa shape index (κ1) is 13.2. The van der Waals surface area contributed by atoms with Crippen LogP contribution in [0.4, 0.5) is 0 Å². The van der Waals surface area contributed by atoms with Crippen molar-refractivity contribution in [3.05, 3.63) is 0 Å². The molecule has 0 spiro atoms. The van der Waals surface area contributed by atoms with Crippen LogP contribution in [0.15, 0.2) is 0 Å². The smallest absolute Gasteiger partial charge is 0.330 e. The monoisotopic (exact) mass is 245 g/mol. The van der Waals surface area contributed by atoms with E-state index in [9.17, 15) is 14.4 Å². The van der Waals surface area contributed by atoms with Gasteiger partial charge in [-0.15, -0.1) is 0 Å². The summed E-state index contributed by atoms with van der Waals surface area (Å²) >= 11 is 1.05. The molecule has 0 bridgehead atoms. The summed E-state index contributed by atoms with van der Waals surface area (Å²) in [5, 5.41) is 2.91. The van der Waals surface area contributed by atoms with Crippen molar-refractivity contribution in [2.24, 2.45) is 0 Å². The van der Waals surface area contributed by atoms with Crippen LogP contribution in [-0.2, 0) is 19.1 Å². The van der Waals surface area contributed by atoms with Gasteiger partial charge in [-0.3, -0.25) is 9.59 Å². The number of rotatable bonds is 4. The minimum Gasteiger partial charge on any atom is -0.392 e. The molecule has 0 saturated carbocycles. The molecule has 16 heavy (non-hydrogen) atoms. The third-order valence-corrected chi connectivity index (χ3v) is 2.99. The van der Waals surface area contributed by atoms with Crippen LogP contribution in [0.3, 0.4) is 0 Å². The van der Waals surface area contributed by atoms with Crippen LogP contribution in [0, 0.1) is 0 Å². The van der Waals surface area contributed by atoms with Crippen molar-refractivity contribution in [3.8, 4) is 0 Å². The number of carbonyl (C=O) groups is 3. The normalized spacial score (nSPS) is 19.4. The van der Waals surface area contributed by atoms with Crippen molar-refractivity contribution in [3.63, 3.8) is 0 Å². The first-order valence-corrected chi connectivity index (χ1v) is 6.19. The topological polar surface area (TPSA) is 72.5 Å². The van der Waals surface area contributed by atoms with Gasteiger partial charge in [0.05, 0.1) is 6.42 Å². The molecule has 1 atom stereocenters. The lowest BCUT2D eigenvalue weighted by Gasteiger charge is -2.08. The van der Waals surface area contributed by atoms with Gasteiger partial charge >= 0.3 is 11.9 Å². The summed E-state index contributed by atoms with van der Waals surface area (Å²) in [5.41, 5.74) is 0. The fraction of sp³-hybridized carbons (Fsp3) is 0.700. The van der Waals surface area contributed by atoms with Crippen LogP contribution in [-0.4, -0.2) is 35.4 Å². The molecule has 0 aromatic carbocycles. The van der Waals surface area contributed by atoms with E-state index in [2.05, 4.69) is 10.1 Å². The number of nitrogens with one attached hydrogen (secondary N) is 1. The highest BCUT2D eigenvalue weighted by Crippen LogP contribution is 2.08. The number of hydrogen-bond donors (Lipinski definition) is 1. The van der Waals surface area contributed by atoms with E-state index in [-0.39, 0.29) is 17.6 Å². The molecule has 1 saturated heterocycles. The average Bonchev–Trinajstić information content (AvgIpc) is 2.69. The Morgan fingerprint density at radius 1 is 1.44 bits per heavy atom. The molecular weight excluding hydrogens is 230 g/mol. The van der Waals surface area contributed by atoms with Gasteiger partial charge in [0.1, 0.15) is 6.04 Å². The number of ether oxygens (including phenoxy) is 1. The summed E-state index contributed by atoms with van der Waals surface area (Å²) in [5.74, 6) is -0.706. The van der Waals surface area contributed by atoms with Crippen molar-refractivity contribution < 1.29 is 19.1 Å². The van der Waals surface area contributed by atoms with Crippen molar-refractivity contribution >= 4 is 28.8 Å². The summed E-state index contributed by atoms with van der Waals surface area (Å²) in [4.78, 5) is 33.2. The Balaban J connectivity index is 2.17. The number of carbonyl (C=O) groups excluding carboxylic acids is 3. The molecule has 1 aliphatic rings. The second-order valence-electron chi connectivity index (χ2n) is 3.53. The molecule has 6 heteroatoms. The van der Waals surface area contributed by atoms with Crippen molar-refractivity contribution in [1.29, 1.82) is 0 Å². The third-order valence-electron chi connectivity index (χ3n) is 2.17. The highest BCUT2D eigenvalue weighted by atomic mass is 32.2. The van der Waals surface area contributed by atoms with Crippen molar-refractivity contribution in [2.75, 3.05) is 12.3 Å². The van der Waals surface area contributed by atoms with E-state index in [1.54, 1.807) is 0 Å². The molecule has 0 radical (unpaired) electrons. The summed E-state index contributed by atoms with van der Waals surface area (Å²) in [7, 11) is 0. The summed E-state index contributed by atoms with van der Waals surface area (Å²) in [6.45, 7) is 2.22. The zero-order valence-electron chi connectivity index (χ0n) is 9.15. The van der Waals surface area contributed by atoms with Crippen LogP contribution in [0.1, 0.15) is 26.2 Å². The SMILES string of the molecule is CC(=O)SCCC(=O)OC(=O)[C@@H]1CCCN1. The minimum atomic E-state index is -0.563. The first-order chi connectivity index (χ1) is 7.59. The maximum atomic E-state index is 11.4. The fourth-order valence-electron chi connectivity index (χ4n) is 1.40. The van der Waals surface area contributed by atoms with E-state index in [1.807, 2.05) is 0 Å². The molecule has 0 aliphatic carbocycles. The fourth-order valence-corrected chi connectivity index (χ4v) is 1.95. The van der Waals surface area contributed by atoms with Gasteiger partial charge in [0, 0.05) is 12.7 Å². The highest BCUT2D eigenvalue weighted by Gasteiger charge is 2.25. The van der Waals surface area contributed by atoms with Crippen LogP contribution < -0.4 is 5.32 Å². The molecule has 1 rings (SSSR count). The molecule has 5 nitrogen and oxygen atoms in total. The second kappa shape index (κ2) is 6.65. The Hall–Kier alpha value is -0.880. The van der Waals surface area contributed by atoms with Gasteiger partial charge in [0.25, 0.3) is 0 Å². The Morgan fingerprint density at radius 2 is 2.19 bits per heavy atom. The van der Waals surface area contributed by atoms with Crippen LogP contribution in [0.5, 0.6) is 0 Å². The first-order valence-electron chi connectivity index (χ1n) is 5.21. The van der Waals surface area contributed by atoms with E-state index < -0.39 is 11.9 Å². The minimum absolute atomic E-state index is 0.0448. The van der Waals surface area contributed by atoms with Crippen LogP contribution in [0.2, 0.25) is 0 Å². The summed E-state index contributed by atoms with van der Waals surface area (Å²) < 4.78 is 4.65. The van der Waals surface area contributed by atoms with Crippen LogP contribution >= 0.6 is 11.8 Å². The molecule has 0 aromatic heterocycles. The molecule has 90 valence electrons. The predicted molar refractivity (Wildman–Crippen MR) is 59.9 cm³/mol. The molecule has 1 heterocycles. The molecule has 1 aliphatic heterocycles. The second-order valence-corrected chi connectivity index (χ2v) is 4.80. The van der Waals surface area contributed by atoms with Gasteiger partial charge in [0.2, 0.25) is 0 Å². The van der Waals surface area contributed by atoms with Gasteiger partial charge in [-0.05, 0) is 19.4 Å². The highest BCUT2D eigenvalue weighted by molar-refractivity contribution is 8.13. The van der Waals surface area contributed by atoms with E-state index in [4.69, 9.17) is 0 Å². The van der Waals surface area contributed by atoms with Gasteiger partial charge in [-0.2, -0.15) is 0 Å². The zero-order chi connectivity index (χ0) is 12.0. The maximum absolute atomic E-state index is 11.4. The summed E-state index contributed by atoms with van der Waals surface area (Å²) in [6, 6.07) is -0.343. The van der Waals surface area contributed by atoms with Gasteiger partial charge in [-0.1, -0.05) is 11.8 Å². The van der Waals surface area contributed by atoms with Crippen LogP contribution in [0.25, 0.3) is 0 Å². The Bertz CT molecular complexity index is 287. The van der Waals surface area contributed by atoms with Gasteiger partial charge in [-0.25, -0.2) is 4.79 Å². The van der Waals surface area contributed by atoms with Gasteiger partial charge < -0.3 is 10.1 Å². The van der Waals surface area contributed by atoms with Crippen molar-refractivity contribution in [2.45, 2.75) is 32.2 Å². The lowest BCUT2D eigenvalue weighted by Crippen LogP contribution is -2.33. The molecular formula is C10H15NO4S. The lowest BCUT2D eigenvalue weighted by atomic mass is 10.2. The Labute approximate surface area is 98.3 Å². The van der Waals surface area contributed by atoms with E-state index >= 15 is 0 Å². The van der Waals surface area contributed by atoms with Gasteiger partial charge in [0.15, 0.2) is 5.12 Å². The predicted octanol–water partition coefficient (Wildman–Crippen LogP) is 0.478. The Kier molecular flexibility index (Phi) is 5.48.